The first kappa shape index (κ1) is 12.3. The van der Waals surface area contributed by atoms with E-state index in [1.165, 1.54) is 12.4 Å². The van der Waals surface area contributed by atoms with Gasteiger partial charge in [-0.25, -0.2) is 4.98 Å². The number of nitrogens with one attached hydrogen (secondary N) is 2. The lowest BCUT2D eigenvalue weighted by Crippen LogP contribution is -2.07. The van der Waals surface area contributed by atoms with Crippen LogP contribution in [0.1, 0.15) is 5.82 Å². The number of halogens is 1. The van der Waals surface area contributed by atoms with Gasteiger partial charge in [-0.05, 0) is 12.1 Å². The summed E-state index contributed by atoms with van der Waals surface area (Å²) in [5.41, 5.74) is 0.393. The summed E-state index contributed by atoms with van der Waals surface area (Å²) in [6.07, 6.45) is 2.01. The van der Waals surface area contributed by atoms with Crippen molar-refractivity contribution in [3.05, 3.63) is 45.5 Å². The Morgan fingerprint density at radius 1 is 1.50 bits per heavy atom. The lowest BCUT2D eigenvalue weighted by Gasteiger charge is -2.06. The molecule has 2 N–H and O–H groups in total. The van der Waals surface area contributed by atoms with E-state index in [0.717, 1.165) is 5.82 Å². The molecule has 0 aliphatic carbocycles. The molecular formula is C10H10ClN5O2. The van der Waals surface area contributed by atoms with Crippen LogP contribution in [0.3, 0.4) is 0 Å². The zero-order valence-electron chi connectivity index (χ0n) is 9.26. The molecule has 0 saturated heterocycles. The number of nitrogens with zero attached hydrogens (tertiary/aromatic N) is 3. The zero-order valence-corrected chi connectivity index (χ0v) is 10.0. The third-order valence-corrected chi connectivity index (χ3v) is 2.53. The zero-order chi connectivity index (χ0) is 13.0. The Kier molecular flexibility index (Phi) is 3.73. The van der Waals surface area contributed by atoms with Crippen molar-refractivity contribution < 1.29 is 4.92 Å². The number of aromatic nitrogens is 3. The number of aromatic amines is 1. The molecule has 0 unspecified atom stereocenters. The minimum atomic E-state index is -0.470. The summed E-state index contributed by atoms with van der Waals surface area (Å²) in [6, 6.07) is 4.50. The first-order valence-corrected chi connectivity index (χ1v) is 5.56. The summed E-state index contributed by atoms with van der Waals surface area (Å²) >= 11 is 5.72. The number of hydrogen-bond donors (Lipinski definition) is 2. The van der Waals surface area contributed by atoms with Crippen molar-refractivity contribution in [3.8, 4) is 0 Å². The van der Waals surface area contributed by atoms with E-state index in [-0.39, 0.29) is 5.69 Å². The molecule has 1 heterocycles. The fourth-order valence-electron chi connectivity index (χ4n) is 1.47. The van der Waals surface area contributed by atoms with Gasteiger partial charge in [0, 0.05) is 24.1 Å². The average molecular weight is 268 g/mol. The summed E-state index contributed by atoms with van der Waals surface area (Å²) in [5, 5.41) is 20.6. The maximum absolute atomic E-state index is 10.8. The van der Waals surface area contributed by atoms with E-state index in [0.29, 0.717) is 23.7 Å². The number of rotatable bonds is 5. The molecule has 0 saturated carbocycles. The van der Waals surface area contributed by atoms with Gasteiger partial charge in [0.2, 0.25) is 0 Å². The normalized spacial score (nSPS) is 10.3. The number of anilines is 1. The number of hydrogen-bond acceptors (Lipinski definition) is 5. The molecule has 18 heavy (non-hydrogen) atoms. The predicted molar refractivity (Wildman–Crippen MR) is 66.7 cm³/mol. The second-order valence-corrected chi connectivity index (χ2v) is 3.96. The molecule has 2 rings (SSSR count). The van der Waals surface area contributed by atoms with E-state index in [1.807, 2.05) is 0 Å². The van der Waals surface area contributed by atoms with Crippen LogP contribution >= 0.6 is 11.6 Å². The van der Waals surface area contributed by atoms with Gasteiger partial charge in [0.05, 0.1) is 4.92 Å². The number of nitro benzene ring substituents is 1. The van der Waals surface area contributed by atoms with Gasteiger partial charge in [0.15, 0.2) is 0 Å². The Morgan fingerprint density at radius 3 is 3.00 bits per heavy atom. The minimum absolute atomic E-state index is 0.0416. The standard InChI is InChI=1S/C10H10ClN5O2/c11-7-1-2-8(9(5-7)16(17)18)12-4-3-10-13-6-14-15-10/h1-2,5-6,12H,3-4H2,(H,13,14,15). The maximum Gasteiger partial charge on any atom is 0.293 e. The first-order chi connectivity index (χ1) is 8.66. The minimum Gasteiger partial charge on any atom is -0.379 e. The second-order valence-electron chi connectivity index (χ2n) is 3.53. The average Bonchev–Trinajstić information content (AvgIpc) is 2.84. The van der Waals surface area contributed by atoms with Gasteiger partial charge < -0.3 is 5.32 Å². The maximum atomic E-state index is 10.8. The summed E-state index contributed by atoms with van der Waals surface area (Å²) in [6.45, 7) is 0.512. The Labute approximate surface area is 107 Å². The van der Waals surface area contributed by atoms with Gasteiger partial charge in [-0.3, -0.25) is 15.2 Å². The highest BCUT2D eigenvalue weighted by Gasteiger charge is 2.13. The van der Waals surface area contributed by atoms with Crippen molar-refractivity contribution in [2.45, 2.75) is 6.42 Å². The van der Waals surface area contributed by atoms with Crippen molar-refractivity contribution in [3.63, 3.8) is 0 Å². The fraction of sp³-hybridized carbons (Fsp3) is 0.200. The molecule has 1 aromatic heterocycles. The Morgan fingerprint density at radius 2 is 2.33 bits per heavy atom. The lowest BCUT2D eigenvalue weighted by atomic mass is 10.2. The molecule has 0 spiro atoms. The van der Waals surface area contributed by atoms with Crippen LogP contribution in [0.15, 0.2) is 24.5 Å². The molecule has 0 radical (unpaired) electrons. The molecule has 8 heteroatoms. The van der Waals surface area contributed by atoms with E-state index in [2.05, 4.69) is 20.5 Å². The fourth-order valence-corrected chi connectivity index (χ4v) is 1.64. The quantitative estimate of drug-likeness (QED) is 0.638. The Hall–Kier alpha value is -2.15. The van der Waals surface area contributed by atoms with Gasteiger partial charge in [0.25, 0.3) is 5.69 Å². The summed E-state index contributed by atoms with van der Waals surface area (Å²) in [7, 11) is 0. The molecular weight excluding hydrogens is 258 g/mol. The van der Waals surface area contributed by atoms with E-state index in [1.54, 1.807) is 12.1 Å². The topological polar surface area (TPSA) is 96.7 Å². The van der Waals surface area contributed by atoms with Crippen LogP contribution in [0, 0.1) is 10.1 Å². The number of benzene rings is 1. The highest BCUT2D eigenvalue weighted by Crippen LogP contribution is 2.27. The van der Waals surface area contributed by atoms with Gasteiger partial charge in [-0.1, -0.05) is 11.6 Å². The second kappa shape index (κ2) is 5.46. The summed E-state index contributed by atoms with van der Waals surface area (Å²) in [4.78, 5) is 14.3. The van der Waals surface area contributed by atoms with Gasteiger partial charge in [-0.2, -0.15) is 5.10 Å². The third kappa shape index (κ3) is 2.95. The molecule has 0 bridgehead atoms. The Bertz CT molecular complexity index is 543. The molecule has 7 nitrogen and oxygen atoms in total. The predicted octanol–water partition coefficient (Wildman–Crippen LogP) is 2.02. The van der Waals surface area contributed by atoms with Crippen LogP contribution in [0.25, 0.3) is 0 Å². The highest BCUT2D eigenvalue weighted by atomic mass is 35.5. The van der Waals surface area contributed by atoms with E-state index < -0.39 is 4.92 Å². The van der Waals surface area contributed by atoms with Crippen molar-refractivity contribution in [2.24, 2.45) is 0 Å². The molecule has 0 aliphatic heterocycles. The smallest absolute Gasteiger partial charge is 0.293 e. The number of nitro groups is 1. The molecule has 0 amide bonds. The third-order valence-electron chi connectivity index (χ3n) is 2.30. The van der Waals surface area contributed by atoms with Crippen LogP contribution in [0.5, 0.6) is 0 Å². The van der Waals surface area contributed by atoms with Crippen LogP contribution in [0.4, 0.5) is 11.4 Å². The molecule has 0 atom stereocenters. The molecule has 94 valence electrons. The van der Waals surface area contributed by atoms with Crippen molar-refractivity contribution in [2.75, 3.05) is 11.9 Å². The molecule has 1 aromatic carbocycles. The molecule has 0 fully saturated rings. The van der Waals surface area contributed by atoms with Crippen molar-refractivity contribution >= 4 is 23.0 Å². The van der Waals surface area contributed by atoms with Gasteiger partial charge >= 0.3 is 0 Å². The summed E-state index contributed by atoms with van der Waals surface area (Å²) in [5.74, 6) is 0.721. The molecule has 0 aliphatic rings. The monoisotopic (exact) mass is 267 g/mol. The SMILES string of the molecule is O=[N+]([O-])c1cc(Cl)ccc1NCCc1ncn[nH]1. The number of H-pyrrole nitrogens is 1. The van der Waals surface area contributed by atoms with Crippen LogP contribution in [0.2, 0.25) is 5.02 Å². The lowest BCUT2D eigenvalue weighted by molar-refractivity contribution is -0.383. The van der Waals surface area contributed by atoms with Gasteiger partial charge in [-0.15, -0.1) is 0 Å². The van der Waals surface area contributed by atoms with Crippen LogP contribution in [-0.2, 0) is 6.42 Å². The van der Waals surface area contributed by atoms with Crippen molar-refractivity contribution in [1.82, 2.24) is 15.2 Å². The first-order valence-electron chi connectivity index (χ1n) is 5.19. The van der Waals surface area contributed by atoms with E-state index >= 15 is 0 Å². The van der Waals surface area contributed by atoms with E-state index in [4.69, 9.17) is 11.6 Å². The highest BCUT2D eigenvalue weighted by molar-refractivity contribution is 6.30. The van der Waals surface area contributed by atoms with Gasteiger partial charge in [0.1, 0.15) is 17.8 Å². The Balaban J connectivity index is 2.02. The van der Waals surface area contributed by atoms with Crippen molar-refractivity contribution in [1.29, 1.82) is 0 Å². The largest absolute Gasteiger partial charge is 0.379 e. The van der Waals surface area contributed by atoms with Crippen LogP contribution in [-0.4, -0.2) is 26.6 Å². The van der Waals surface area contributed by atoms with E-state index in [9.17, 15) is 10.1 Å². The molecule has 2 aromatic rings. The summed E-state index contributed by atoms with van der Waals surface area (Å²) < 4.78 is 0. The van der Waals surface area contributed by atoms with Crippen LogP contribution < -0.4 is 5.32 Å².